The highest BCUT2D eigenvalue weighted by atomic mass is 19.4. The molecule has 0 spiro atoms. The van der Waals surface area contributed by atoms with Crippen LogP contribution in [0.15, 0.2) is 30.6 Å². The van der Waals surface area contributed by atoms with Crippen LogP contribution in [0.1, 0.15) is 24.0 Å². The van der Waals surface area contributed by atoms with Gasteiger partial charge in [-0.3, -0.25) is 9.78 Å². The van der Waals surface area contributed by atoms with E-state index in [9.17, 15) is 35.5 Å². The first-order valence-electron chi connectivity index (χ1n) is 9.15. The number of hydrogen-bond donors (Lipinski definition) is 1. The maximum Gasteiger partial charge on any atom is 0.414 e. The van der Waals surface area contributed by atoms with E-state index in [4.69, 9.17) is 5.26 Å². The van der Waals surface area contributed by atoms with Gasteiger partial charge >= 0.3 is 12.8 Å². The lowest BCUT2D eigenvalue weighted by Gasteiger charge is -2.22. The van der Waals surface area contributed by atoms with Gasteiger partial charge in [0.1, 0.15) is 6.07 Å². The number of rotatable bonds is 5. The van der Waals surface area contributed by atoms with Gasteiger partial charge in [0.25, 0.3) is 0 Å². The van der Waals surface area contributed by atoms with Crippen molar-refractivity contribution in [1.29, 1.82) is 5.26 Å². The lowest BCUT2D eigenvalue weighted by atomic mass is 9.86. The van der Waals surface area contributed by atoms with Crippen LogP contribution in [-0.4, -0.2) is 36.9 Å². The van der Waals surface area contributed by atoms with Crippen LogP contribution >= 0.6 is 0 Å². The lowest BCUT2D eigenvalue weighted by Crippen LogP contribution is -2.33. The Hall–Kier alpha value is -3.40. The maximum atomic E-state index is 13.6. The topological polar surface area (TPSA) is 84.2 Å². The summed E-state index contributed by atoms with van der Waals surface area (Å²) in [6.45, 7) is -2.70. The molecule has 3 atom stereocenters. The molecule has 1 aromatic carbocycles. The number of nitriles is 1. The average Bonchev–Trinajstić information content (AvgIpc) is 3.14. The van der Waals surface area contributed by atoms with Gasteiger partial charge in [0, 0.05) is 23.6 Å². The van der Waals surface area contributed by atoms with Gasteiger partial charge in [-0.15, -0.1) is 0 Å². The van der Waals surface area contributed by atoms with E-state index in [1.807, 2.05) is 6.07 Å². The molecule has 1 aromatic heterocycles. The molecule has 1 aliphatic heterocycles. The number of anilines is 1. The molecule has 13 heteroatoms. The molecule has 1 amide bonds. The van der Waals surface area contributed by atoms with Gasteiger partial charge in [0.05, 0.1) is 24.1 Å². The molecular weight excluding hydrogens is 463 g/mol. The normalized spacial score (nSPS) is 19.9. The smallest absolute Gasteiger partial charge is 0.414 e. The monoisotopic (exact) mass is 479 g/mol. The van der Waals surface area contributed by atoms with Gasteiger partial charge in [-0.25, -0.2) is 4.39 Å². The number of aromatic nitrogens is 1. The van der Waals surface area contributed by atoms with Crippen molar-refractivity contribution in [2.75, 3.05) is 11.9 Å². The average molecular weight is 479 g/mol. The Morgan fingerprint density at radius 2 is 2.00 bits per heavy atom. The predicted octanol–water partition coefficient (Wildman–Crippen LogP) is 4.77. The quantitative estimate of drug-likeness (QED) is 0.494. The second kappa shape index (κ2) is 11.0. The van der Waals surface area contributed by atoms with Crippen molar-refractivity contribution in [3.05, 3.63) is 53.4 Å². The molecule has 33 heavy (non-hydrogen) atoms. The Morgan fingerprint density at radius 3 is 2.55 bits per heavy atom. The largest absolute Gasteiger partial charge is 0.431 e. The predicted molar refractivity (Wildman–Crippen MR) is 99.3 cm³/mol. The molecule has 1 fully saturated rings. The van der Waals surface area contributed by atoms with Crippen molar-refractivity contribution in [1.82, 2.24) is 4.98 Å². The molecule has 0 radical (unpaired) electrons. The number of pyridine rings is 1. The van der Waals surface area contributed by atoms with Crippen molar-refractivity contribution in [3.63, 3.8) is 0 Å². The van der Waals surface area contributed by atoms with E-state index >= 15 is 0 Å². The molecule has 0 aliphatic carbocycles. The van der Waals surface area contributed by atoms with Crippen molar-refractivity contribution < 1.29 is 45.0 Å². The molecule has 0 saturated carbocycles. The second-order valence-electron chi connectivity index (χ2n) is 6.76. The molecular formula is C20H16F7N3O3. The van der Waals surface area contributed by atoms with Crippen LogP contribution in [0.4, 0.5) is 36.4 Å². The zero-order chi connectivity index (χ0) is 24.8. The zero-order valence-corrected chi connectivity index (χ0v) is 16.7. The highest BCUT2D eigenvalue weighted by molar-refractivity contribution is 5.71. The van der Waals surface area contributed by atoms with E-state index < -0.39 is 54.7 Å². The van der Waals surface area contributed by atoms with E-state index in [0.29, 0.717) is 23.7 Å². The number of halogens is 7. The summed E-state index contributed by atoms with van der Waals surface area (Å²) in [5.74, 6) is -6.39. The Labute approximate surface area is 182 Å². The number of hydrogen-bond acceptors (Lipinski definition) is 5. The fourth-order valence-electron chi connectivity index (χ4n) is 3.18. The third-order valence-electron chi connectivity index (χ3n) is 4.67. The SMILES string of the molecule is CC1C(c2ccc(F)c(F)c2OC(F)F)COC1C(F)(F)F.N#Cc1cncc(NC=O)c1. The minimum absolute atomic E-state index is 0.279. The van der Waals surface area contributed by atoms with Crippen LogP contribution in [0.5, 0.6) is 5.75 Å². The summed E-state index contributed by atoms with van der Waals surface area (Å²) in [7, 11) is 0. The van der Waals surface area contributed by atoms with Crippen molar-refractivity contribution in [3.8, 4) is 11.8 Å². The van der Waals surface area contributed by atoms with E-state index in [0.717, 1.165) is 6.07 Å². The van der Waals surface area contributed by atoms with Crippen molar-refractivity contribution in [2.24, 2.45) is 5.92 Å². The molecule has 1 aliphatic rings. The number of nitrogens with zero attached hydrogens (tertiary/aromatic N) is 2. The minimum Gasteiger partial charge on any atom is -0.431 e. The molecule has 3 unspecified atom stereocenters. The number of ether oxygens (including phenoxy) is 2. The van der Waals surface area contributed by atoms with Gasteiger partial charge in [-0.2, -0.15) is 31.6 Å². The Balaban J connectivity index is 0.000000294. The van der Waals surface area contributed by atoms with Crippen LogP contribution in [0.2, 0.25) is 0 Å². The molecule has 0 bridgehead atoms. The second-order valence-corrected chi connectivity index (χ2v) is 6.76. The summed E-state index contributed by atoms with van der Waals surface area (Å²) < 4.78 is 98.3. The van der Waals surface area contributed by atoms with E-state index in [1.165, 1.54) is 19.3 Å². The van der Waals surface area contributed by atoms with Crippen LogP contribution in [0.3, 0.4) is 0 Å². The maximum absolute atomic E-state index is 13.6. The third-order valence-corrected chi connectivity index (χ3v) is 4.67. The summed E-state index contributed by atoms with van der Waals surface area (Å²) in [6, 6.07) is 5.03. The Morgan fingerprint density at radius 1 is 1.30 bits per heavy atom. The molecule has 1 saturated heterocycles. The van der Waals surface area contributed by atoms with E-state index in [2.05, 4.69) is 19.8 Å². The lowest BCUT2D eigenvalue weighted by molar-refractivity contribution is -0.215. The van der Waals surface area contributed by atoms with Crippen LogP contribution in [-0.2, 0) is 9.53 Å². The van der Waals surface area contributed by atoms with Gasteiger partial charge in [0.2, 0.25) is 12.2 Å². The minimum atomic E-state index is -4.64. The van der Waals surface area contributed by atoms with Gasteiger partial charge in [-0.05, 0) is 12.1 Å². The third kappa shape index (κ3) is 6.55. The van der Waals surface area contributed by atoms with Crippen LogP contribution in [0, 0.1) is 28.9 Å². The number of alkyl halides is 5. The molecule has 3 rings (SSSR count). The Bertz CT molecular complexity index is 1010. The zero-order valence-electron chi connectivity index (χ0n) is 16.7. The number of nitrogens with one attached hydrogen (secondary N) is 1. The van der Waals surface area contributed by atoms with Gasteiger partial charge < -0.3 is 14.8 Å². The van der Waals surface area contributed by atoms with Crippen molar-refractivity contribution >= 4 is 12.1 Å². The first kappa shape index (κ1) is 25.9. The molecule has 2 aromatic rings. The van der Waals surface area contributed by atoms with E-state index in [1.54, 1.807) is 6.07 Å². The number of carbonyl (C=O) groups excluding carboxylic acids is 1. The molecule has 1 N–H and O–H groups in total. The molecule has 6 nitrogen and oxygen atoms in total. The highest BCUT2D eigenvalue weighted by Crippen LogP contribution is 2.45. The summed E-state index contributed by atoms with van der Waals surface area (Å²) in [5, 5.41) is 10.8. The number of benzene rings is 1. The summed E-state index contributed by atoms with van der Waals surface area (Å²) in [4.78, 5) is 13.7. The first-order chi connectivity index (χ1) is 15.5. The summed E-state index contributed by atoms with van der Waals surface area (Å²) in [5.41, 5.74) is 0.675. The van der Waals surface area contributed by atoms with Crippen molar-refractivity contribution in [2.45, 2.75) is 31.7 Å². The van der Waals surface area contributed by atoms with Crippen LogP contribution < -0.4 is 10.1 Å². The van der Waals surface area contributed by atoms with E-state index in [-0.39, 0.29) is 5.56 Å². The standard InChI is InChI=1S/C13H11F7O2.C7H5N3O/c1-5-7(4-21-11(5)13(18,19)20)6-2-3-8(14)9(15)10(6)22-12(16)17;8-2-6-1-7(10-5-11)4-9-3-6/h2-3,5,7,11-12H,4H2,1H3;1,3-5H,(H,10,11). The fourth-order valence-corrected chi connectivity index (χ4v) is 3.18. The van der Waals surface area contributed by atoms with Gasteiger partial charge in [0.15, 0.2) is 17.7 Å². The van der Waals surface area contributed by atoms with Crippen LogP contribution in [0.25, 0.3) is 0 Å². The fraction of sp³-hybridized carbons (Fsp3) is 0.350. The number of carbonyl (C=O) groups is 1. The van der Waals surface area contributed by atoms with Gasteiger partial charge in [-0.1, -0.05) is 13.0 Å². The number of amides is 1. The summed E-state index contributed by atoms with van der Waals surface area (Å²) >= 11 is 0. The highest BCUT2D eigenvalue weighted by Gasteiger charge is 2.51. The molecule has 178 valence electrons. The Kier molecular flexibility index (Phi) is 8.58. The first-order valence-corrected chi connectivity index (χ1v) is 9.15. The summed E-state index contributed by atoms with van der Waals surface area (Å²) in [6.07, 6.45) is -3.31. The molecule has 2 heterocycles.